The molecule has 3 heterocycles. The van der Waals surface area contributed by atoms with Gasteiger partial charge in [-0.25, -0.2) is 18.2 Å². The van der Waals surface area contributed by atoms with E-state index in [0.717, 1.165) is 32.1 Å². The van der Waals surface area contributed by atoms with Crippen molar-refractivity contribution >= 4 is 55.9 Å². The Labute approximate surface area is 413 Å². The third-order valence-electron chi connectivity index (χ3n) is 12.1. The van der Waals surface area contributed by atoms with Crippen molar-refractivity contribution in [3.63, 3.8) is 0 Å². The summed E-state index contributed by atoms with van der Waals surface area (Å²) >= 11 is 7.52. The van der Waals surface area contributed by atoms with Crippen LogP contribution in [0.4, 0.5) is 5.13 Å². The third-order valence-corrected chi connectivity index (χ3v) is 15.1. The fourth-order valence-corrected chi connectivity index (χ4v) is 10.8. The largest absolute Gasteiger partial charge is 0.489 e. The van der Waals surface area contributed by atoms with Crippen LogP contribution in [0, 0.1) is 18.3 Å². The number of aromatic nitrogens is 1. The Kier molecular flexibility index (Phi) is 13.7. The molecule has 7 aromatic rings. The van der Waals surface area contributed by atoms with E-state index in [1.807, 2.05) is 73.7 Å². The molecule has 2 amide bonds. The van der Waals surface area contributed by atoms with Gasteiger partial charge in [0, 0.05) is 35.9 Å². The number of benzene rings is 6. The first-order valence-corrected chi connectivity index (χ1v) is 24.8. The van der Waals surface area contributed by atoms with Gasteiger partial charge in [-0.1, -0.05) is 84.4 Å². The highest BCUT2D eigenvalue weighted by atomic mass is 35.5. The number of hydrogen-bond donors (Lipinski definition) is 3. The number of carbonyl (C=O) groups is 3. The van der Waals surface area contributed by atoms with E-state index in [0.29, 0.717) is 67.5 Å². The van der Waals surface area contributed by atoms with Crippen molar-refractivity contribution < 1.29 is 42.1 Å². The van der Waals surface area contributed by atoms with Crippen LogP contribution >= 0.6 is 22.9 Å². The van der Waals surface area contributed by atoms with Gasteiger partial charge in [0.2, 0.25) is 21.8 Å². The van der Waals surface area contributed by atoms with E-state index in [1.165, 1.54) is 30.4 Å². The minimum atomic E-state index is -4.42. The van der Waals surface area contributed by atoms with E-state index in [4.69, 9.17) is 31.1 Å². The average molecular weight is 995 g/mol. The summed E-state index contributed by atoms with van der Waals surface area (Å²) in [4.78, 5) is 43.1. The Morgan fingerprint density at radius 1 is 0.900 bits per heavy atom. The van der Waals surface area contributed by atoms with Gasteiger partial charge in [0.25, 0.3) is 0 Å². The van der Waals surface area contributed by atoms with Gasteiger partial charge in [-0.05, 0) is 112 Å². The molecule has 1 aromatic heterocycles. The first-order valence-electron chi connectivity index (χ1n) is 22.1. The highest BCUT2D eigenvalue weighted by Gasteiger charge is 2.42. The molecule has 0 aliphatic carbocycles. The summed E-state index contributed by atoms with van der Waals surface area (Å²) in [5.74, 6) is -0.873. The second kappa shape index (κ2) is 20.2. The van der Waals surface area contributed by atoms with Crippen LogP contribution in [-0.4, -0.2) is 59.3 Å². The van der Waals surface area contributed by atoms with Crippen LogP contribution in [0.3, 0.4) is 0 Å². The van der Waals surface area contributed by atoms with Crippen LogP contribution in [-0.2, 0) is 50.4 Å². The number of nitrogens with zero attached hydrogens (tertiary/aromatic N) is 3. The predicted molar refractivity (Wildman–Crippen MR) is 264 cm³/mol. The molecule has 17 heteroatoms. The number of fused-ring (bicyclic) bond motifs is 2. The lowest BCUT2D eigenvalue weighted by Gasteiger charge is -2.37. The van der Waals surface area contributed by atoms with E-state index in [2.05, 4.69) is 21.7 Å². The highest BCUT2D eigenvalue weighted by Crippen LogP contribution is 2.42. The summed E-state index contributed by atoms with van der Waals surface area (Å²) in [5.41, 5.74) is 8.00. The van der Waals surface area contributed by atoms with Crippen LogP contribution in [0.2, 0.25) is 5.02 Å². The molecule has 14 nitrogen and oxygen atoms in total. The number of hydrogen-bond acceptors (Lipinski definition) is 11. The molecule has 0 radical (unpaired) electrons. The molecular weight excluding hydrogens is 950 g/mol. The van der Waals surface area contributed by atoms with Crippen molar-refractivity contribution in [3.05, 3.63) is 177 Å². The minimum absolute atomic E-state index is 0.0785. The molecule has 3 N–H and O–H groups in total. The molecule has 0 spiro atoms. The van der Waals surface area contributed by atoms with Gasteiger partial charge >= 0.3 is 5.97 Å². The second-order valence-electron chi connectivity index (χ2n) is 16.9. The summed E-state index contributed by atoms with van der Waals surface area (Å²) in [6.45, 7) is 3.60. The third kappa shape index (κ3) is 10.5. The van der Waals surface area contributed by atoms with E-state index >= 15 is 0 Å². The van der Waals surface area contributed by atoms with Gasteiger partial charge in [-0.15, -0.1) is 11.3 Å². The molecule has 1 unspecified atom stereocenters. The number of carboxylic acids is 1. The molecular formula is C53H44ClN5O9S2. The number of rotatable bonds is 14. The van der Waals surface area contributed by atoms with Crippen molar-refractivity contribution in [1.82, 2.24) is 14.6 Å². The molecule has 354 valence electrons. The summed E-state index contributed by atoms with van der Waals surface area (Å²) in [6.07, 6.45) is -0.668. The zero-order chi connectivity index (χ0) is 49.1. The van der Waals surface area contributed by atoms with E-state index in [-0.39, 0.29) is 36.8 Å². The number of thiazole rings is 1. The normalized spacial score (nSPS) is 15.7. The number of ether oxygens (including phenoxy) is 3. The highest BCUT2D eigenvalue weighted by molar-refractivity contribution is 7.89. The van der Waals surface area contributed by atoms with Crippen molar-refractivity contribution in [2.45, 2.75) is 62.9 Å². The summed E-state index contributed by atoms with van der Waals surface area (Å²) in [7, 11) is -4.42. The maximum atomic E-state index is 14.8. The number of nitrogens with one attached hydrogen (secondary N) is 2. The molecule has 0 saturated carbocycles. The van der Waals surface area contributed by atoms with Crippen LogP contribution in [0.15, 0.2) is 138 Å². The average Bonchev–Trinajstić information content (AvgIpc) is 3.83. The number of carbonyl (C=O) groups excluding carboxylic acids is 2. The Bertz CT molecular complexity index is 3270. The number of aliphatic carboxylic acids is 1. The van der Waals surface area contributed by atoms with Gasteiger partial charge in [0.05, 0.1) is 22.2 Å². The SMILES string of the molecule is CC(=O)Nc1nc(-c2ccc(S(=O)(=O)N3Cc4cc5c(cc4C[C@H]3C(=O)N[C@@H](Cc3ccc(-c4ccc(C#N)cc4)cc3)C(=O)O)OCC(c3ccc(OCc4ccc(C)c(Cl)c4)cc3)O5)cc2)cs1. The maximum Gasteiger partial charge on any atom is 0.326 e. The lowest BCUT2D eigenvalue weighted by Crippen LogP contribution is -2.55. The number of anilines is 1. The molecule has 3 atom stereocenters. The molecule has 0 bridgehead atoms. The number of halogens is 1. The number of carboxylic acid groups (broad SMARTS) is 1. The molecule has 0 saturated heterocycles. The summed E-state index contributed by atoms with van der Waals surface area (Å²) < 4.78 is 49.3. The van der Waals surface area contributed by atoms with Gasteiger partial charge in [-0.3, -0.25) is 9.59 Å². The summed E-state index contributed by atoms with van der Waals surface area (Å²) in [5, 5.41) is 27.7. The van der Waals surface area contributed by atoms with Crippen molar-refractivity contribution in [1.29, 1.82) is 5.26 Å². The van der Waals surface area contributed by atoms with Gasteiger partial charge < -0.3 is 30.0 Å². The van der Waals surface area contributed by atoms with E-state index < -0.39 is 40.1 Å². The molecule has 2 aliphatic heterocycles. The first kappa shape index (κ1) is 47.5. The fraction of sp³-hybridized carbons (Fsp3) is 0.189. The molecule has 70 heavy (non-hydrogen) atoms. The quantitative estimate of drug-likeness (QED) is 0.0939. The Morgan fingerprint density at radius 2 is 1.57 bits per heavy atom. The van der Waals surface area contributed by atoms with Crippen molar-refractivity contribution in [3.8, 4) is 45.7 Å². The van der Waals surface area contributed by atoms with Gasteiger partial charge in [-0.2, -0.15) is 9.57 Å². The molecule has 6 aromatic carbocycles. The van der Waals surface area contributed by atoms with Crippen LogP contribution in [0.25, 0.3) is 22.4 Å². The van der Waals surface area contributed by atoms with E-state index in [9.17, 15) is 27.9 Å². The Hall–Kier alpha value is -7.55. The zero-order valence-electron chi connectivity index (χ0n) is 37.7. The van der Waals surface area contributed by atoms with E-state index in [1.54, 1.807) is 53.9 Å². The van der Waals surface area contributed by atoms with Crippen molar-refractivity contribution in [2.75, 3.05) is 11.9 Å². The fourth-order valence-electron chi connectivity index (χ4n) is 8.26. The zero-order valence-corrected chi connectivity index (χ0v) is 40.1. The topological polar surface area (TPSA) is 197 Å². The maximum absolute atomic E-state index is 14.8. The van der Waals surface area contributed by atoms with Crippen LogP contribution in [0.5, 0.6) is 17.2 Å². The van der Waals surface area contributed by atoms with Gasteiger partial charge in [0.15, 0.2) is 22.7 Å². The first-order chi connectivity index (χ1) is 33.7. The number of nitriles is 1. The minimum Gasteiger partial charge on any atom is -0.489 e. The number of aryl methyl sites for hydroxylation is 1. The predicted octanol–water partition coefficient (Wildman–Crippen LogP) is 9.29. The molecule has 9 rings (SSSR count). The second-order valence-corrected chi connectivity index (χ2v) is 20.1. The van der Waals surface area contributed by atoms with Crippen LogP contribution < -0.4 is 24.8 Å². The standard InChI is InChI=1S/C53H44ClN5O9S2/c1-31-3-4-35(21-44(31)54)28-66-42-17-13-39(14-18-42)50-29-67-48-24-40-23-47(51(61)57-45(52(62)63)22-33-5-9-36(10-6-33)37-11-7-34(26-55)8-12-37)59(27-41(40)25-49(48)68-50)70(64,65)43-19-15-38(16-20-43)46-30-69-53(58-46)56-32(2)60/h3-21,24-25,30,45,47,50H,22-23,27-29H2,1-2H3,(H,57,61)(H,62,63)(H,56,58,60)/t45-,47-,50?/m0/s1. The van der Waals surface area contributed by atoms with Gasteiger partial charge in [0.1, 0.15) is 31.0 Å². The number of sulfonamides is 1. The molecule has 0 fully saturated rings. The monoisotopic (exact) mass is 993 g/mol. The lowest BCUT2D eigenvalue weighted by molar-refractivity contribution is -0.142. The van der Waals surface area contributed by atoms with Crippen LogP contribution in [0.1, 0.15) is 52.0 Å². The molecule has 2 aliphatic rings. The Balaban J connectivity index is 0.957. The van der Waals surface area contributed by atoms with Crippen molar-refractivity contribution in [2.24, 2.45) is 0 Å². The number of amides is 2. The lowest BCUT2D eigenvalue weighted by atomic mass is 9.93. The summed E-state index contributed by atoms with van der Waals surface area (Å²) in [6, 6.07) is 36.4. The smallest absolute Gasteiger partial charge is 0.326 e. The Morgan fingerprint density at radius 3 is 2.24 bits per heavy atom.